The smallest absolute Gasteiger partial charge is 0.285 e. The molecule has 0 spiro atoms. The first-order valence-electron chi connectivity index (χ1n) is 9.43. The first-order valence-corrected chi connectivity index (χ1v) is 9.43. The van der Waals surface area contributed by atoms with Crippen molar-refractivity contribution in [2.45, 2.75) is 12.0 Å². The average molecular weight is 417 g/mol. The van der Waals surface area contributed by atoms with Crippen LogP contribution in [0.5, 0.6) is 0 Å². The minimum absolute atomic E-state index is 0.00593. The number of nitrogens with two attached hydrogens (primary N) is 2. The van der Waals surface area contributed by atoms with Crippen LogP contribution < -0.4 is 11.5 Å². The predicted molar refractivity (Wildman–Crippen MR) is 112 cm³/mol. The molecule has 0 saturated carbocycles. The number of carbonyl (C=O) groups excluding carboxylic acids is 3. The lowest BCUT2D eigenvalue weighted by atomic mass is 10.0. The molecule has 3 aromatic rings. The Morgan fingerprint density at radius 1 is 1.19 bits per heavy atom. The molecule has 2 aromatic heterocycles. The molecule has 5 N–H and O–H groups in total. The molecule has 0 bridgehead atoms. The van der Waals surface area contributed by atoms with Crippen molar-refractivity contribution in [3.8, 4) is 23.1 Å². The molecule has 1 saturated heterocycles. The highest BCUT2D eigenvalue weighted by atomic mass is 16.3. The highest BCUT2D eigenvalue weighted by Crippen LogP contribution is 2.27. The van der Waals surface area contributed by atoms with Gasteiger partial charge in [-0.2, -0.15) is 0 Å². The van der Waals surface area contributed by atoms with E-state index in [1.807, 2.05) is 0 Å². The number of imidazole rings is 1. The molecule has 1 aliphatic heterocycles. The standard InChI is InChI=1S/C22H19N5O4/c1-26-10-8-22(31,21(26)30)7-5-13-3-2-4-14(11-13)17-16-12-15(18(23)28)6-9-27(16)20(25-17)19(24)29/h2-4,6,9,11-12,31H,8,10H2,1H3,(H2,23,28)(H2,24,29). The third kappa shape index (κ3) is 3.49. The zero-order valence-electron chi connectivity index (χ0n) is 16.6. The quantitative estimate of drug-likeness (QED) is 0.520. The van der Waals surface area contributed by atoms with Crippen molar-refractivity contribution >= 4 is 23.2 Å². The van der Waals surface area contributed by atoms with Crippen LogP contribution in [-0.4, -0.2) is 56.3 Å². The lowest BCUT2D eigenvalue weighted by molar-refractivity contribution is -0.137. The zero-order valence-corrected chi connectivity index (χ0v) is 16.6. The molecule has 0 aliphatic carbocycles. The van der Waals surface area contributed by atoms with Crippen molar-refractivity contribution in [2.24, 2.45) is 11.5 Å². The van der Waals surface area contributed by atoms with Crippen LogP contribution in [0.2, 0.25) is 0 Å². The summed E-state index contributed by atoms with van der Waals surface area (Å²) in [5, 5.41) is 10.5. The monoisotopic (exact) mass is 417 g/mol. The Bertz CT molecular complexity index is 1320. The van der Waals surface area contributed by atoms with Gasteiger partial charge in [0.2, 0.25) is 17.3 Å². The molecular formula is C22H19N5O4. The summed E-state index contributed by atoms with van der Waals surface area (Å²) in [7, 11) is 1.61. The van der Waals surface area contributed by atoms with E-state index in [-0.39, 0.29) is 17.8 Å². The van der Waals surface area contributed by atoms with E-state index in [1.54, 1.807) is 31.3 Å². The molecule has 3 amide bonds. The Morgan fingerprint density at radius 3 is 2.61 bits per heavy atom. The fraction of sp³-hybridized carbons (Fsp3) is 0.182. The Morgan fingerprint density at radius 2 is 1.97 bits per heavy atom. The first-order chi connectivity index (χ1) is 14.7. The van der Waals surface area contributed by atoms with Gasteiger partial charge in [0, 0.05) is 42.9 Å². The van der Waals surface area contributed by atoms with Gasteiger partial charge in [0.25, 0.3) is 11.8 Å². The molecule has 31 heavy (non-hydrogen) atoms. The SMILES string of the molecule is CN1CCC(O)(C#Cc2cccc(-c3nc(C(N)=O)n4ccc(C(N)=O)cc34)c2)C1=O. The summed E-state index contributed by atoms with van der Waals surface area (Å²) in [6.45, 7) is 0.433. The van der Waals surface area contributed by atoms with Crippen LogP contribution in [-0.2, 0) is 4.79 Å². The number of nitrogens with zero attached hydrogens (tertiary/aromatic N) is 3. The molecule has 1 atom stereocenters. The van der Waals surface area contributed by atoms with Crippen molar-refractivity contribution in [3.63, 3.8) is 0 Å². The van der Waals surface area contributed by atoms with Crippen molar-refractivity contribution in [1.29, 1.82) is 0 Å². The van der Waals surface area contributed by atoms with Crippen LogP contribution in [0.15, 0.2) is 42.6 Å². The number of aromatic nitrogens is 2. The van der Waals surface area contributed by atoms with Crippen LogP contribution in [0.3, 0.4) is 0 Å². The predicted octanol–water partition coefficient (Wildman–Crippen LogP) is 0.144. The number of primary amides is 2. The molecule has 1 aromatic carbocycles. The van der Waals surface area contributed by atoms with E-state index in [0.29, 0.717) is 28.9 Å². The zero-order chi connectivity index (χ0) is 22.3. The largest absolute Gasteiger partial charge is 0.369 e. The van der Waals surface area contributed by atoms with Crippen molar-refractivity contribution in [2.75, 3.05) is 13.6 Å². The Labute approximate surface area is 177 Å². The van der Waals surface area contributed by atoms with E-state index in [2.05, 4.69) is 16.8 Å². The van der Waals surface area contributed by atoms with E-state index in [4.69, 9.17) is 11.5 Å². The normalized spacial score (nSPS) is 18.1. The van der Waals surface area contributed by atoms with Crippen LogP contribution in [0.25, 0.3) is 16.8 Å². The Hall–Kier alpha value is -4.16. The number of likely N-dealkylation sites (tertiary alicyclic amines) is 1. The minimum atomic E-state index is -1.71. The van der Waals surface area contributed by atoms with Crippen LogP contribution in [0, 0.1) is 11.8 Å². The van der Waals surface area contributed by atoms with E-state index in [0.717, 1.165) is 0 Å². The van der Waals surface area contributed by atoms with Crippen molar-refractivity contribution < 1.29 is 19.5 Å². The number of carbonyl (C=O) groups is 3. The van der Waals surface area contributed by atoms with Gasteiger partial charge in [0.05, 0.1) is 11.2 Å². The van der Waals surface area contributed by atoms with Crippen LogP contribution in [0.4, 0.5) is 0 Å². The maximum atomic E-state index is 12.1. The third-order valence-corrected chi connectivity index (χ3v) is 5.21. The van der Waals surface area contributed by atoms with Gasteiger partial charge in [-0.25, -0.2) is 4.98 Å². The molecular weight excluding hydrogens is 398 g/mol. The van der Waals surface area contributed by atoms with Crippen molar-refractivity contribution in [1.82, 2.24) is 14.3 Å². The summed E-state index contributed by atoms with van der Waals surface area (Å²) in [4.78, 5) is 41.4. The van der Waals surface area contributed by atoms with Gasteiger partial charge in [0.15, 0.2) is 0 Å². The van der Waals surface area contributed by atoms with Gasteiger partial charge in [-0.15, -0.1) is 0 Å². The molecule has 9 heteroatoms. The van der Waals surface area contributed by atoms with E-state index in [9.17, 15) is 19.5 Å². The Balaban J connectivity index is 1.80. The van der Waals surface area contributed by atoms with Gasteiger partial charge >= 0.3 is 0 Å². The van der Waals surface area contributed by atoms with E-state index >= 15 is 0 Å². The molecule has 1 fully saturated rings. The van der Waals surface area contributed by atoms with E-state index in [1.165, 1.54) is 27.6 Å². The number of likely N-dealkylation sites (N-methyl/N-ethyl adjacent to an activating group) is 1. The summed E-state index contributed by atoms with van der Waals surface area (Å²) < 4.78 is 1.48. The number of aliphatic hydroxyl groups is 1. The fourth-order valence-corrected chi connectivity index (χ4v) is 3.51. The number of hydrogen-bond donors (Lipinski definition) is 3. The lowest BCUT2D eigenvalue weighted by Crippen LogP contribution is -2.37. The third-order valence-electron chi connectivity index (χ3n) is 5.21. The maximum Gasteiger partial charge on any atom is 0.285 e. The second kappa shape index (κ2) is 7.27. The second-order valence-electron chi connectivity index (χ2n) is 7.35. The van der Waals surface area contributed by atoms with E-state index < -0.39 is 23.3 Å². The lowest BCUT2D eigenvalue weighted by Gasteiger charge is -2.13. The molecule has 1 unspecified atom stereocenters. The highest BCUT2D eigenvalue weighted by Gasteiger charge is 2.42. The average Bonchev–Trinajstić information content (AvgIpc) is 3.26. The van der Waals surface area contributed by atoms with Gasteiger partial charge in [0.1, 0.15) is 0 Å². The molecule has 1 aliphatic rings. The van der Waals surface area contributed by atoms with Crippen molar-refractivity contribution in [3.05, 3.63) is 59.5 Å². The van der Waals surface area contributed by atoms with Crippen LogP contribution in [0.1, 0.15) is 33.0 Å². The topological polar surface area (TPSA) is 144 Å². The summed E-state index contributed by atoms with van der Waals surface area (Å²) >= 11 is 0. The first kappa shape index (κ1) is 20.1. The number of hydrogen-bond acceptors (Lipinski definition) is 5. The van der Waals surface area contributed by atoms with Crippen LogP contribution >= 0.6 is 0 Å². The number of rotatable bonds is 3. The number of pyridine rings is 1. The van der Waals surface area contributed by atoms with Gasteiger partial charge in [-0.1, -0.05) is 24.0 Å². The number of fused-ring (bicyclic) bond motifs is 1. The second-order valence-corrected chi connectivity index (χ2v) is 7.35. The molecule has 4 rings (SSSR count). The summed E-state index contributed by atoms with van der Waals surface area (Å²) in [6, 6.07) is 9.95. The molecule has 9 nitrogen and oxygen atoms in total. The highest BCUT2D eigenvalue weighted by molar-refractivity contribution is 5.97. The molecule has 0 radical (unpaired) electrons. The van der Waals surface area contributed by atoms with Gasteiger partial charge in [-0.3, -0.25) is 18.8 Å². The Kier molecular flexibility index (Phi) is 4.72. The summed E-state index contributed by atoms with van der Waals surface area (Å²) in [6.07, 6.45) is 1.74. The fourth-order valence-electron chi connectivity index (χ4n) is 3.51. The number of benzene rings is 1. The molecule has 156 valence electrons. The maximum absolute atomic E-state index is 12.1. The van der Waals surface area contributed by atoms with Gasteiger partial charge < -0.3 is 21.5 Å². The molecule has 3 heterocycles. The summed E-state index contributed by atoms with van der Waals surface area (Å²) in [5.41, 5.74) is 11.4. The summed E-state index contributed by atoms with van der Waals surface area (Å²) in [5.74, 6) is 3.75. The minimum Gasteiger partial charge on any atom is -0.369 e. The number of amides is 3. The van der Waals surface area contributed by atoms with Gasteiger partial charge in [-0.05, 0) is 24.3 Å².